The molecule has 2 aromatic carbocycles. The predicted molar refractivity (Wildman–Crippen MR) is 115 cm³/mol. The second kappa shape index (κ2) is 8.31. The minimum absolute atomic E-state index is 0.113. The molecule has 0 saturated carbocycles. The zero-order valence-electron chi connectivity index (χ0n) is 16.8. The summed E-state index contributed by atoms with van der Waals surface area (Å²) in [6.45, 7) is 1.12. The molecule has 0 fully saturated rings. The lowest BCUT2D eigenvalue weighted by Gasteiger charge is -2.26. The number of H-pyrrole nitrogens is 2. The number of carbonyl (C=O) groups excluding carboxylic acids is 2. The Kier molecular flexibility index (Phi) is 5.20. The van der Waals surface area contributed by atoms with Crippen LogP contribution in [0.5, 0.6) is 5.88 Å². The van der Waals surface area contributed by atoms with Gasteiger partial charge in [-0.2, -0.15) is 15.4 Å². The van der Waals surface area contributed by atoms with Gasteiger partial charge in [0, 0.05) is 29.2 Å². The van der Waals surface area contributed by atoms with Crippen LogP contribution in [0.4, 0.5) is 4.79 Å². The summed E-state index contributed by atoms with van der Waals surface area (Å²) in [6.07, 6.45) is -0.0856. The molecule has 1 aliphatic rings. The molecule has 1 aliphatic heterocycles. The molecule has 3 N–H and O–H groups in total. The number of aromatic nitrogens is 5. The minimum atomic E-state index is -0.603. The number of carbonyl (C=O) groups is 2. The molecule has 32 heavy (non-hydrogen) atoms. The molecule has 2 aromatic heterocycles. The smallest absolute Gasteiger partial charge is 0.389 e. The summed E-state index contributed by atoms with van der Waals surface area (Å²) < 4.78 is 5.38. The van der Waals surface area contributed by atoms with Crippen molar-refractivity contribution in [3.05, 3.63) is 69.9 Å². The van der Waals surface area contributed by atoms with Crippen LogP contribution in [0.25, 0.3) is 11.0 Å². The van der Waals surface area contributed by atoms with Crippen LogP contribution in [0.3, 0.4) is 0 Å². The highest BCUT2D eigenvalue weighted by molar-refractivity contribution is 6.30. The van der Waals surface area contributed by atoms with Crippen LogP contribution in [0.15, 0.2) is 42.5 Å². The molecule has 3 heterocycles. The largest absolute Gasteiger partial charge is 0.414 e. The van der Waals surface area contributed by atoms with Crippen LogP contribution in [-0.4, -0.2) is 49.1 Å². The van der Waals surface area contributed by atoms with Gasteiger partial charge in [-0.05, 0) is 42.3 Å². The van der Waals surface area contributed by atoms with E-state index in [-0.39, 0.29) is 11.8 Å². The predicted octanol–water partition coefficient (Wildman–Crippen LogP) is 2.82. The Hall–Kier alpha value is -3.92. The van der Waals surface area contributed by atoms with E-state index >= 15 is 0 Å². The number of ether oxygens (including phenoxy) is 1. The minimum Gasteiger partial charge on any atom is -0.389 e. The Bertz CT molecular complexity index is 1300. The summed E-state index contributed by atoms with van der Waals surface area (Å²) in [7, 11) is 0. The first kappa shape index (κ1) is 20.0. The molecule has 0 atom stereocenters. The van der Waals surface area contributed by atoms with Gasteiger partial charge in [-0.15, -0.1) is 5.10 Å². The topological polar surface area (TPSA) is 129 Å². The fourth-order valence-electron chi connectivity index (χ4n) is 3.60. The van der Waals surface area contributed by atoms with E-state index in [0.29, 0.717) is 47.7 Å². The average Bonchev–Trinajstić information content (AvgIpc) is 3.44. The number of fused-ring (bicyclic) bond motifs is 2. The molecule has 0 unspecified atom stereocenters. The van der Waals surface area contributed by atoms with Gasteiger partial charge in [-0.1, -0.05) is 23.7 Å². The second-order valence-corrected chi connectivity index (χ2v) is 7.80. The van der Waals surface area contributed by atoms with Gasteiger partial charge in [0.2, 0.25) is 5.88 Å². The number of benzene rings is 2. The Morgan fingerprint density at radius 3 is 2.75 bits per heavy atom. The summed E-state index contributed by atoms with van der Waals surface area (Å²) in [6, 6.07) is 12.4. The quantitative estimate of drug-likeness (QED) is 0.437. The lowest BCUT2D eigenvalue weighted by atomic mass is 10.1. The SMILES string of the molecule is O=C(NCc1ccc(Cl)cc1)Oc1n[nH]c2c1CCN(C(=O)c1ccc3n[nH]nc3c1)C2. The first-order valence-corrected chi connectivity index (χ1v) is 10.3. The van der Waals surface area contributed by atoms with Crippen LogP contribution in [0, 0.1) is 0 Å². The van der Waals surface area contributed by atoms with Crippen molar-refractivity contribution < 1.29 is 14.3 Å². The number of nitrogens with zero attached hydrogens (tertiary/aromatic N) is 4. The van der Waals surface area contributed by atoms with Gasteiger partial charge in [0.25, 0.3) is 5.91 Å². The standard InChI is InChI=1S/C21H18ClN7O3/c22-14-4-1-12(2-5-14)10-23-21(31)32-19-15-7-8-29(11-18(15)24-27-19)20(30)13-3-6-16-17(9-13)26-28-25-16/h1-6,9H,7-8,10-11H2,(H,23,31)(H,24,27)(H,25,26,28). The van der Waals surface area contributed by atoms with E-state index in [4.69, 9.17) is 16.3 Å². The zero-order valence-corrected chi connectivity index (χ0v) is 17.5. The molecule has 11 heteroatoms. The van der Waals surface area contributed by atoms with Gasteiger partial charge in [-0.25, -0.2) is 4.79 Å². The van der Waals surface area contributed by atoms with Gasteiger partial charge in [0.1, 0.15) is 11.0 Å². The van der Waals surface area contributed by atoms with E-state index in [9.17, 15) is 9.59 Å². The van der Waals surface area contributed by atoms with E-state index < -0.39 is 6.09 Å². The molecule has 0 bridgehead atoms. The average molecular weight is 452 g/mol. The van der Waals surface area contributed by atoms with Gasteiger partial charge >= 0.3 is 6.09 Å². The third-order valence-corrected chi connectivity index (χ3v) is 5.54. The lowest BCUT2D eigenvalue weighted by molar-refractivity contribution is 0.0732. The molecular weight excluding hydrogens is 434 g/mol. The molecule has 5 rings (SSSR count). The molecule has 2 amide bonds. The number of nitrogens with one attached hydrogen (secondary N) is 3. The normalized spacial score (nSPS) is 13.1. The van der Waals surface area contributed by atoms with E-state index in [1.807, 2.05) is 12.1 Å². The maximum absolute atomic E-state index is 12.9. The van der Waals surface area contributed by atoms with Crippen molar-refractivity contribution in [2.24, 2.45) is 0 Å². The highest BCUT2D eigenvalue weighted by Crippen LogP contribution is 2.26. The Morgan fingerprint density at radius 2 is 1.91 bits per heavy atom. The number of halogens is 1. The summed E-state index contributed by atoms with van der Waals surface area (Å²) >= 11 is 5.86. The third-order valence-electron chi connectivity index (χ3n) is 5.29. The molecule has 0 aliphatic carbocycles. The molecule has 0 radical (unpaired) electrons. The first-order valence-electron chi connectivity index (χ1n) is 9.93. The third kappa shape index (κ3) is 4.00. The van der Waals surface area contributed by atoms with Crippen LogP contribution >= 0.6 is 11.6 Å². The van der Waals surface area contributed by atoms with E-state index in [1.165, 1.54) is 0 Å². The summed E-state index contributed by atoms with van der Waals surface area (Å²) in [5.41, 5.74) is 4.30. The maximum atomic E-state index is 12.9. The van der Waals surface area contributed by atoms with Crippen molar-refractivity contribution in [1.82, 2.24) is 35.8 Å². The summed E-state index contributed by atoms with van der Waals surface area (Å²) in [4.78, 5) is 26.8. The number of amides is 2. The lowest BCUT2D eigenvalue weighted by Crippen LogP contribution is -2.36. The van der Waals surface area contributed by atoms with E-state index in [1.54, 1.807) is 35.2 Å². The zero-order chi connectivity index (χ0) is 22.1. The van der Waals surface area contributed by atoms with Crippen molar-refractivity contribution in [1.29, 1.82) is 0 Å². The molecule has 0 spiro atoms. The number of aromatic amines is 2. The monoisotopic (exact) mass is 451 g/mol. The summed E-state index contributed by atoms with van der Waals surface area (Å²) in [5.74, 6) is 0.114. The fourth-order valence-corrected chi connectivity index (χ4v) is 3.73. The molecule has 4 aromatic rings. The molecule has 10 nitrogen and oxygen atoms in total. The number of hydrogen-bond donors (Lipinski definition) is 3. The van der Waals surface area contributed by atoms with Crippen molar-refractivity contribution in [2.45, 2.75) is 19.5 Å². The van der Waals surface area contributed by atoms with Crippen molar-refractivity contribution in [2.75, 3.05) is 6.54 Å². The Balaban J connectivity index is 1.22. The van der Waals surface area contributed by atoms with Crippen LogP contribution < -0.4 is 10.1 Å². The maximum Gasteiger partial charge on any atom is 0.414 e. The van der Waals surface area contributed by atoms with E-state index in [0.717, 1.165) is 16.8 Å². The highest BCUT2D eigenvalue weighted by atomic mass is 35.5. The summed E-state index contributed by atoms with van der Waals surface area (Å²) in [5, 5.41) is 20.9. The molecule has 0 saturated heterocycles. The van der Waals surface area contributed by atoms with Gasteiger partial charge in [0.15, 0.2) is 0 Å². The number of hydrogen-bond acceptors (Lipinski definition) is 6. The van der Waals surface area contributed by atoms with E-state index in [2.05, 4.69) is 30.9 Å². The van der Waals surface area contributed by atoms with Gasteiger partial charge in [-0.3, -0.25) is 9.89 Å². The second-order valence-electron chi connectivity index (χ2n) is 7.36. The van der Waals surface area contributed by atoms with Crippen molar-refractivity contribution >= 4 is 34.6 Å². The van der Waals surface area contributed by atoms with Gasteiger partial charge in [0.05, 0.1) is 12.2 Å². The van der Waals surface area contributed by atoms with Crippen molar-refractivity contribution in [3.8, 4) is 5.88 Å². The van der Waals surface area contributed by atoms with Crippen molar-refractivity contribution in [3.63, 3.8) is 0 Å². The highest BCUT2D eigenvalue weighted by Gasteiger charge is 2.27. The van der Waals surface area contributed by atoms with Gasteiger partial charge < -0.3 is 15.0 Å². The Morgan fingerprint density at radius 1 is 1.09 bits per heavy atom. The Labute approximate surface area is 186 Å². The van der Waals surface area contributed by atoms with Crippen LogP contribution in [0.2, 0.25) is 5.02 Å². The molecular formula is C21H18ClN7O3. The van der Waals surface area contributed by atoms with Crippen LogP contribution in [0.1, 0.15) is 27.2 Å². The molecule has 162 valence electrons. The first-order chi connectivity index (χ1) is 15.6. The number of rotatable bonds is 4. The van der Waals surface area contributed by atoms with Crippen LogP contribution in [-0.2, 0) is 19.5 Å². The fraction of sp³-hybridized carbons (Fsp3) is 0.190.